The Kier molecular flexibility index (Phi) is 4.40. The summed E-state index contributed by atoms with van der Waals surface area (Å²) in [4.78, 5) is 12.1. The topological polar surface area (TPSA) is 17.1 Å². The van der Waals surface area contributed by atoms with Gasteiger partial charge in [-0.15, -0.1) is 0 Å². The predicted octanol–water partition coefficient (Wildman–Crippen LogP) is 3.25. The van der Waals surface area contributed by atoms with E-state index in [-0.39, 0.29) is 0 Å². The average Bonchev–Trinajstić information content (AvgIpc) is 2.20. The van der Waals surface area contributed by atoms with Crippen LogP contribution in [-0.2, 0) is 0 Å². The molecular formula is C12H17GeO. The van der Waals surface area contributed by atoms with Gasteiger partial charge in [0.05, 0.1) is 0 Å². The molecule has 0 aromatic heterocycles. The van der Waals surface area contributed by atoms with Crippen molar-refractivity contribution in [2.75, 3.05) is 0 Å². The molecule has 1 aromatic rings. The number of hydrogen-bond acceptors (Lipinski definition) is 1. The molecule has 0 saturated carbocycles. The second kappa shape index (κ2) is 5.35. The molecule has 75 valence electrons. The molecule has 1 nitrogen and oxygen atoms in total. The Labute approximate surface area is 90.6 Å². The van der Waals surface area contributed by atoms with Crippen LogP contribution in [0.4, 0.5) is 0 Å². The van der Waals surface area contributed by atoms with Crippen LogP contribution in [0.15, 0.2) is 24.3 Å². The van der Waals surface area contributed by atoms with Crippen LogP contribution in [0.1, 0.15) is 29.8 Å². The summed E-state index contributed by atoms with van der Waals surface area (Å²) in [6.07, 6.45) is 0. The Morgan fingerprint density at radius 1 is 1.21 bits per heavy atom. The van der Waals surface area contributed by atoms with Crippen LogP contribution in [0.2, 0.25) is 10.5 Å². The third kappa shape index (κ3) is 2.47. The van der Waals surface area contributed by atoms with Crippen LogP contribution < -0.4 is 0 Å². The zero-order valence-corrected chi connectivity index (χ0v) is 11.2. The Morgan fingerprint density at radius 2 is 1.79 bits per heavy atom. The second-order valence-corrected chi connectivity index (χ2v) is 9.91. The van der Waals surface area contributed by atoms with Gasteiger partial charge in [-0.25, -0.2) is 0 Å². The van der Waals surface area contributed by atoms with E-state index in [4.69, 9.17) is 0 Å². The van der Waals surface area contributed by atoms with Crippen molar-refractivity contribution in [1.29, 1.82) is 0 Å². The molecule has 1 radical (unpaired) electrons. The second-order valence-electron chi connectivity index (χ2n) is 3.45. The van der Waals surface area contributed by atoms with Crippen molar-refractivity contribution in [2.45, 2.75) is 31.3 Å². The SMILES string of the molecule is C[CH2][Ge]([CH2]C)[C](=O)c1ccccc1C. The van der Waals surface area contributed by atoms with Crippen LogP contribution in [0.25, 0.3) is 0 Å². The number of benzene rings is 1. The van der Waals surface area contributed by atoms with Crippen LogP contribution in [0, 0.1) is 6.92 Å². The quantitative estimate of drug-likeness (QED) is 0.749. The van der Waals surface area contributed by atoms with Crippen molar-refractivity contribution in [3.05, 3.63) is 35.4 Å². The van der Waals surface area contributed by atoms with Gasteiger partial charge in [-0.1, -0.05) is 0 Å². The first-order valence-corrected chi connectivity index (χ1v) is 9.17. The van der Waals surface area contributed by atoms with Gasteiger partial charge < -0.3 is 0 Å². The summed E-state index contributed by atoms with van der Waals surface area (Å²) in [5.74, 6) is 0. The summed E-state index contributed by atoms with van der Waals surface area (Å²) in [6, 6.07) is 7.94. The normalized spacial score (nSPS) is 10.6. The molecule has 0 bridgehead atoms. The Balaban J connectivity index is 2.94. The van der Waals surface area contributed by atoms with Gasteiger partial charge in [-0.2, -0.15) is 0 Å². The molecule has 0 N–H and O–H groups in total. The van der Waals surface area contributed by atoms with E-state index in [0.29, 0.717) is 4.62 Å². The molecule has 0 aliphatic heterocycles. The molecule has 2 heteroatoms. The van der Waals surface area contributed by atoms with E-state index in [9.17, 15) is 4.79 Å². The number of carbonyl (C=O) groups excluding carboxylic acids is 1. The Morgan fingerprint density at radius 3 is 2.29 bits per heavy atom. The monoisotopic (exact) mass is 251 g/mol. The number of carbonyl (C=O) groups is 1. The predicted molar refractivity (Wildman–Crippen MR) is 62.2 cm³/mol. The fraction of sp³-hybridized carbons (Fsp3) is 0.417. The first-order chi connectivity index (χ1) is 6.70. The van der Waals surface area contributed by atoms with E-state index in [1.54, 1.807) is 0 Å². The molecule has 0 aliphatic carbocycles. The van der Waals surface area contributed by atoms with Crippen molar-refractivity contribution in [3.8, 4) is 0 Å². The molecule has 0 heterocycles. The van der Waals surface area contributed by atoms with Crippen LogP contribution >= 0.6 is 0 Å². The van der Waals surface area contributed by atoms with Gasteiger partial charge in [0.25, 0.3) is 0 Å². The summed E-state index contributed by atoms with van der Waals surface area (Å²) in [5.41, 5.74) is 2.09. The number of hydrogen-bond donors (Lipinski definition) is 0. The third-order valence-corrected chi connectivity index (χ3v) is 8.06. The van der Waals surface area contributed by atoms with Gasteiger partial charge in [0, 0.05) is 0 Å². The summed E-state index contributed by atoms with van der Waals surface area (Å²) in [6.45, 7) is 6.32. The molecule has 0 atom stereocenters. The summed E-state index contributed by atoms with van der Waals surface area (Å²) in [5, 5.41) is 2.20. The summed E-state index contributed by atoms with van der Waals surface area (Å²) >= 11 is -1.45. The van der Waals surface area contributed by atoms with Gasteiger partial charge in [0.1, 0.15) is 0 Å². The van der Waals surface area contributed by atoms with Gasteiger partial charge in [0.2, 0.25) is 0 Å². The number of aryl methyl sites for hydroxylation is 1. The molecule has 0 aliphatic rings. The van der Waals surface area contributed by atoms with Crippen LogP contribution in [-0.4, -0.2) is 19.0 Å². The fourth-order valence-electron chi connectivity index (χ4n) is 1.59. The van der Waals surface area contributed by atoms with Gasteiger partial charge in [-0.3, -0.25) is 0 Å². The van der Waals surface area contributed by atoms with E-state index in [0.717, 1.165) is 21.6 Å². The van der Waals surface area contributed by atoms with E-state index >= 15 is 0 Å². The van der Waals surface area contributed by atoms with E-state index in [1.807, 2.05) is 31.2 Å². The molecule has 0 amide bonds. The minimum atomic E-state index is -1.45. The van der Waals surface area contributed by atoms with Crippen molar-refractivity contribution < 1.29 is 4.79 Å². The van der Waals surface area contributed by atoms with E-state index in [2.05, 4.69) is 13.8 Å². The first-order valence-electron chi connectivity index (χ1n) is 5.15. The molecule has 1 aromatic carbocycles. The molecule has 1 rings (SSSR count). The molecule has 0 fully saturated rings. The van der Waals surface area contributed by atoms with Crippen molar-refractivity contribution in [2.24, 2.45) is 0 Å². The molecule has 0 spiro atoms. The van der Waals surface area contributed by atoms with Crippen molar-refractivity contribution in [1.82, 2.24) is 0 Å². The van der Waals surface area contributed by atoms with Crippen molar-refractivity contribution >= 4 is 19.0 Å². The van der Waals surface area contributed by atoms with Gasteiger partial charge >= 0.3 is 90.4 Å². The van der Waals surface area contributed by atoms with Crippen LogP contribution in [0.3, 0.4) is 0 Å². The molecular weight excluding hydrogens is 233 g/mol. The fourth-order valence-corrected chi connectivity index (χ4v) is 5.37. The Bertz CT molecular complexity index is 316. The molecule has 0 unspecified atom stereocenters. The van der Waals surface area contributed by atoms with Gasteiger partial charge in [0.15, 0.2) is 0 Å². The van der Waals surface area contributed by atoms with E-state index in [1.165, 1.54) is 0 Å². The Hall–Kier alpha value is -0.567. The first kappa shape index (κ1) is 11.5. The maximum atomic E-state index is 12.1. The summed E-state index contributed by atoms with van der Waals surface area (Å²) in [7, 11) is 0. The maximum absolute atomic E-state index is 12.1. The molecule has 0 saturated heterocycles. The number of rotatable bonds is 4. The van der Waals surface area contributed by atoms with Crippen LogP contribution in [0.5, 0.6) is 0 Å². The average molecular weight is 250 g/mol. The zero-order chi connectivity index (χ0) is 10.6. The standard InChI is InChI=1S/C12H17GeO/c1-4-13(5-2)12(14)11-9-7-6-8-10(11)3/h6-9H,4-5H2,1-3H3. The summed E-state index contributed by atoms with van der Waals surface area (Å²) < 4.78 is 0.466. The van der Waals surface area contributed by atoms with E-state index < -0.39 is 14.3 Å². The van der Waals surface area contributed by atoms with Gasteiger partial charge in [-0.05, 0) is 0 Å². The third-order valence-electron chi connectivity index (χ3n) is 2.56. The zero-order valence-electron chi connectivity index (χ0n) is 9.13. The minimum absolute atomic E-state index is 0.466. The van der Waals surface area contributed by atoms with Crippen molar-refractivity contribution in [3.63, 3.8) is 0 Å². The molecule has 14 heavy (non-hydrogen) atoms.